The smallest absolute Gasteiger partial charge is 0.319 e. The number of hydrogen-bond donors (Lipinski definition) is 1. The summed E-state index contributed by atoms with van der Waals surface area (Å²) >= 11 is 0. The number of rotatable bonds is 5. The van der Waals surface area contributed by atoms with E-state index in [9.17, 15) is 4.79 Å². The van der Waals surface area contributed by atoms with Gasteiger partial charge in [0.05, 0.1) is 20.2 Å². The zero-order valence-corrected chi connectivity index (χ0v) is 8.50. The Hall–Kier alpha value is -1.29. The molecule has 0 bridgehead atoms. The van der Waals surface area contributed by atoms with Crippen LogP contribution in [0, 0.1) is 0 Å². The predicted octanol–water partition coefficient (Wildman–Crippen LogP) is 1.10. The van der Waals surface area contributed by atoms with Crippen molar-refractivity contribution in [1.29, 1.82) is 0 Å². The van der Waals surface area contributed by atoms with Gasteiger partial charge in [0.1, 0.15) is 11.5 Å². The molecule has 4 heteroatoms. The highest BCUT2D eigenvalue weighted by molar-refractivity contribution is 5.71. The van der Waals surface area contributed by atoms with Crippen LogP contribution in [0.3, 0.4) is 0 Å². The lowest BCUT2D eigenvalue weighted by molar-refractivity contribution is -0.139. The van der Waals surface area contributed by atoms with Gasteiger partial charge >= 0.3 is 5.97 Å². The molecule has 0 amide bonds. The molecule has 78 valence electrons. The van der Waals surface area contributed by atoms with E-state index < -0.39 is 0 Å². The van der Waals surface area contributed by atoms with Gasteiger partial charge in [0.25, 0.3) is 0 Å². The standard InChI is InChI=1S/C10H15NO3/c1-3-8-4-5-9(14-8)6-11-7-10(12)13-2/h4-5,11H,3,6-7H2,1-2H3. The number of hydrogen-bond acceptors (Lipinski definition) is 4. The normalized spacial score (nSPS) is 10.1. The van der Waals surface area contributed by atoms with Gasteiger partial charge in [-0.25, -0.2) is 0 Å². The summed E-state index contributed by atoms with van der Waals surface area (Å²) in [6.45, 7) is 2.79. The molecule has 0 aliphatic heterocycles. The summed E-state index contributed by atoms with van der Waals surface area (Å²) in [6.07, 6.45) is 0.886. The van der Waals surface area contributed by atoms with Gasteiger partial charge < -0.3 is 9.15 Å². The first-order valence-electron chi connectivity index (χ1n) is 4.61. The zero-order chi connectivity index (χ0) is 10.4. The van der Waals surface area contributed by atoms with Crippen molar-refractivity contribution >= 4 is 5.97 Å². The molecule has 0 atom stereocenters. The van der Waals surface area contributed by atoms with Gasteiger partial charge in [-0.2, -0.15) is 0 Å². The number of carbonyl (C=O) groups is 1. The molecule has 1 rings (SSSR count). The van der Waals surface area contributed by atoms with Crippen LogP contribution in [0.5, 0.6) is 0 Å². The van der Waals surface area contributed by atoms with E-state index >= 15 is 0 Å². The molecule has 1 heterocycles. The Kier molecular flexibility index (Phi) is 4.19. The summed E-state index contributed by atoms with van der Waals surface area (Å²) in [5.41, 5.74) is 0. The molecule has 0 radical (unpaired) electrons. The topological polar surface area (TPSA) is 51.5 Å². The van der Waals surface area contributed by atoms with E-state index in [1.165, 1.54) is 7.11 Å². The van der Waals surface area contributed by atoms with E-state index in [2.05, 4.69) is 10.1 Å². The van der Waals surface area contributed by atoms with Crippen molar-refractivity contribution in [2.75, 3.05) is 13.7 Å². The Morgan fingerprint density at radius 3 is 2.79 bits per heavy atom. The Labute approximate surface area is 83.2 Å². The SMILES string of the molecule is CCc1ccc(CNCC(=O)OC)o1. The van der Waals surface area contributed by atoms with Gasteiger partial charge in [-0.1, -0.05) is 6.92 Å². The second-order valence-electron chi connectivity index (χ2n) is 2.90. The third-order valence-corrected chi connectivity index (χ3v) is 1.86. The van der Waals surface area contributed by atoms with Crippen molar-refractivity contribution in [3.63, 3.8) is 0 Å². The molecule has 1 aromatic rings. The maximum absolute atomic E-state index is 10.7. The number of aryl methyl sites for hydroxylation is 1. The highest BCUT2D eigenvalue weighted by atomic mass is 16.5. The predicted molar refractivity (Wildman–Crippen MR) is 51.8 cm³/mol. The number of ether oxygens (including phenoxy) is 1. The fraction of sp³-hybridized carbons (Fsp3) is 0.500. The van der Waals surface area contributed by atoms with Gasteiger partial charge in [0, 0.05) is 6.42 Å². The first-order chi connectivity index (χ1) is 6.76. The Morgan fingerprint density at radius 2 is 2.21 bits per heavy atom. The van der Waals surface area contributed by atoms with Crippen LogP contribution in [0.4, 0.5) is 0 Å². The van der Waals surface area contributed by atoms with E-state index in [0.717, 1.165) is 17.9 Å². The molecule has 0 aromatic carbocycles. The molecule has 1 N–H and O–H groups in total. The molecule has 14 heavy (non-hydrogen) atoms. The summed E-state index contributed by atoms with van der Waals surface area (Å²) < 4.78 is 9.92. The maximum Gasteiger partial charge on any atom is 0.319 e. The summed E-state index contributed by atoms with van der Waals surface area (Å²) in [4.78, 5) is 10.7. The summed E-state index contributed by atoms with van der Waals surface area (Å²) in [5, 5.41) is 2.92. The van der Waals surface area contributed by atoms with Crippen LogP contribution in [0.25, 0.3) is 0 Å². The van der Waals surface area contributed by atoms with Crippen LogP contribution in [-0.4, -0.2) is 19.6 Å². The average Bonchev–Trinajstić information content (AvgIpc) is 2.65. The molecule has 0 fully saturated rings. The zero-order valence-electron chi connectivity index (χ0n) is 8.50. The second-order valence-corrected chi connectivity index (χ2v) is 2.90. The van der Waals surface area contributed by atoms with Crippen molar-refractivity contribution in [2.45, 2.75) is 19.9 Å². The van der Waals surface area contributed by atoms with Gasteiger partial charge in [0.15, 0.2) is 0 Å². The van der Waals surface area contributed by atoms with Crippen LogP contribution in [0.2, 0.25) is 0 Å². The molecule has 0 saturated heterocycles. The Morgan fingerprint density at radius 1 is 1.50 bits per heavy atom. The second kappa shape index (κ2) is 5.44. The summed E-state index contributed by atoms with van der Waals surface area (Å²) in [5.74, 6) is 1.53. The third-order valence-electron chi connectivity index (χ3n) is 1.86. The molecule has 0 aliphatic rings. The van der Waals surface area contributed by atoms with Gasteiger partial charge in [-0.05, 0) is 12.1 Å². The third kappa shape index (κ3) is 3.22. The number of methoxy groups -OCH3 is 1. The average molecular weight is 197 g/mol. The van der Waals surface area contributed by atoms with Crippen molar-refractivity contribution in [3.8, 4) is 0 Å². The van der Waals surface area contributed by atoms with Gasteiger partial charge in [-0.15, -0.1) is 0 Å². The fourth-order valence-corrected chi connectivity index (χ4v) is 1.07. The van der Waals surface area contributed by atoms with E-state index in [0.29, 0.717) is 6.54 Å². The monoisotopic (exact) mass is 197 g/mol. The number of carbonyl (C=O) groups excluding carboxylic acids is 1. The van der Waals surface area contributed by atoms with Crippen LogP contribution in [-0.2, 0) is 22.5 Å². The number of esters is 1. The summed E-state index contributed by atoms with van der Waals surface area (Å²) in [7, 11) is 1.37. The molecule has 0 spiro atoms. The van der Waals surface area contributed by atoms with Crippen molar-refractivity contribution in [2.24, 2.45) is 0 Å². The molecule has 0 unspecified atom stereocenters. The first kappa shape index (κ1) is 10.8. The molecule has 1 aromatic heterocycles. The lowest BCUT2D eigenvalue weighted by atomic mass is 10.3. The van der Waals surface area contributed by atoms with E-state index in [-0.39, 0.29) is 12.5 Å². The maximum atomic E-state index is 10.7. The Balaban J connectivity index is 2.27. The van der Waals surface area contributed by atoms with E-state index in [1.54, 1.807) is 0 Å². The highest BCUT2D eigenvalue weighted by Crippen LogP contribution is 2.07. The lowest BCUT2D eigenvalue weighted by Crippen LogP contribution is -2.23. The Bertz CT molecular complexity index is 293. The minimum atomic E-state index is -0.271. The van der Waals surface area contributed by atoms with Crippen molar-refractivity contribution in [1.82, 2.24) is 5.32 Å². The molecule has 4 nitrogen and oxygen atoms in total. The number of nitrogens with one attached hydrogen (secondary N) is 1. The number of furan rings is 1. The van der Waals surface area contributed by atoms with Crippen molar-refractivity contribution in [3.05, 3.63) is 23.7 Å². The summed E-state index contributed by atoms with van der Waals surface area (Å²) in [6, 6.07) is 3.85. The van der Waals surface area contributed by atoms with Crippen LogP contribution in [0.15, 0.2) is 16.5 Å². The van der Waals surface area contributed by atoms with Crippen LogP contribution >= 0.6 is 0 Å². The van der Waals surface area contributed by atoms with E-state index in [4.69, 9.17) is 4.42 Å². The lowest BCUT2D eigenvalue weighted by Gasteiger charge is -2.00. The highest BCUT2D eigenvalue weighted by Gasteiger charge is 2.02. The molecule has 0 aliphatic carbocycles. The molecular formula is C10H15NO3. The fourth-order valence-electron chi connectivity index (χ4n) is 1.07. The van der Waals surface area contributed by atoms with Crippen molar-refractivity contribution < 1.29 is 13.9 Å². The molecular weight excluding hydrogens is 182 g/mol. The largest absolute Gasteiger partial charge is 0.468 e. The minimum Gasteiger partial charge on any atom is -0.468 e. The molecule has 0 saturated carbocycles. The van der Waals surface area contributed by atoms with Crippen LogP contribution < -0.4 is 5.32 Å². The van der Waals surface area contributed by atoms with E-state index in [1.807, 2.05) is 19.1 Å². The first-order valence-corrected chi connectivity index (χ1v) is 4.61. The van der Waals surface area contributed by atoms with Gasteiger partial charge in [-0.3, -0.25) is 10.1 Å². The van der Waals surface area contributed by atoms with Gasteiger partial charge in [0.2, 0.25) is 0 Å². The minimum absolute atomic E-state index is 0.207. The van der Waals surface area contributed by atoms with Crippen LogP contribution in [0.1, 0.15) is 18.4 Å². The quantitative estimate of drug-likeness (QED) is 0.718.